The van der Waals surface area contributed by atoms with E-state index in [1.54, 1.807) is 11.9 Å². The Bertz CT molecular complexity index is 781. The van der Waals surface area contributed by atoms with Crippen LogP contribution in [-0.4, -0.2) is 33.3 Å². The molecule has 4 nitrogen and oxygen atoms in total. The number of nitrogens with zero attached hydrogens (tertiary/aromatic N) is 3. The van der Waals surface area contributed by atoms with Crippen molar-refractivity contribution in [3.05, 3.63) is 34.7 Å². The lowest BCUT2D eigenvalue weighted by Gasteiger charge is -2.31. The second kappa shape index (κ2) is 6.86. The number of carbonyl (C=O) groups excluding carboxylic acids is 1. The smallest absolute Gasteiger partial charge is 0.342 e. The molecule has 2 aromatic heterocycles. The minimum atomic E-state index is -4.49. The molecule has 3 rings (SSSR count). The molecular formula is C17H19ClF3N3O. The van der Waals surface area contributed by atoms with Crippen LogP contribution in [0.4, 0.5) is 13.2 Å². The van der Waals surface area contributed by atoms with Crippen molar-refractivity contribution in [1.29, 1.82) is 0 Å². The zero-order chi connectivity index (χ0) is 18.2. The Morgan fingerprint density at radius 1 is 1.32 bits per heavy atom. The maximum Gasteiger partial charge on any atom is 0.417 e. The Labute approximate surface area is 148 Å². The maximum atomic E-state index is 12.9. The van der Waals surface area contributed by atoms with Crippen molar-refractivity contribution < 1.29 is 18.0 Å². The Morgan fingerprint density at radius 2 is 2.00 bits per heavy atom. The fraction of sp³-hybridized carbons (Fsp3) is 0.529. The topological polar surface area (TPSA) is 37.6 Å². The van der Waals surface area contributed by atoms with Crippen molar-refractivity contribution in [2.75, 3.05) is 7.05 Å². The van der Waals surface area contributed by atoms with Crippen LogP contribution < -0.4 is 0 Å². The van der Waals surface area contributed by atoms with Gasteiger partial charge in [0.05, 0.1) is 22.7 Å². The number of halogens is 4. The highest BCUT2D eigenvalue weighted by atomic mass is 35.5. The molecule has 25 heavy (non-hydrogen) atoms. The van der Waals surface area contributed by atoms with Crippen molar-refractivity contribution in [1.82, 2.24) is 14.3 Å². The van der Waals surface area contributed by atoms with Crippen LogP contribution in [0.2, 0.25) is 5.02 Å². The van der Waals surface area contributed by atoms with E-state index in [9.17, 15) is 18.0 Å². The molecule has 0 N–H and O–H groups in total. The van der Waals surface area contributed by atoms with Crippen LogP contribution in [0.1, 0.15) is 43.4 Å². The monoisotopic (exact) mass is 373 g/mol. The normalized spacial score (nSPS) is 16.4. The Hall–Kier alpha value is -1.76. The summed E-state index contributed by atoms with van der Waals surface area (Å²) in [6.45, 7) is 0. The predicted octanol–water partition coefficient (Wildman–Crippen LogP) is 4.34. The van der Waals surface area contributed by atoms with Gasteiger partial charge in [-0.15, -0.1) is 0 Å². The number of rotatable bonds is 3. The molecule has 1 aliphatic carbocycles. The number of likely N-dealkylation sites (N-methyl/N-ethyl adjacent to an activating group) is 1. The lowest BCUT2D eigenvalue weighted by molar-refractivity contribution is -0.138. The van der Waals surface area contributed by atoms with Gasteiger partial charge in [-0.1, -0.05) is 30.9 Å². The summed E-state index contributed by atoms with van der Waals surface area (Å²) in [6, 6.07) is 1.09. The van der Waals surface area contributed by atoms with Gasteiger partial charge in [-0.05, 0) is 18.9 Å². The van der Waals surface area contributed by atoms with Crippen molar-refractivity contribution >= 4 is 23.2 Å². The van der Waals surface area contributed by atoms with Crippen LogP contribution in [0.3, 0.4) is 0 Å². The van der Waals surface area contributed by atoms with Crippen molar-refractivity contribution in [3.8, 4) is 0 Å². The van der Waals surface area contributed by atoms with Gasteiger partial charge in [-0.25, -0.2) is 4.98 Å². The van der Waals surface area contributed by atoms with Crippen LogP contribution >= 0.6 is 11.6 Å². The van der Waals surface area contributed by atoms with E-state index in [-0.39, 0.29) is 29.0 Å². The zero-order valence-corrected chi connectivity index (χ0v) is 14.6. The first kappa shape index (κ1) is 18.0. The molecule has 8 heteroatoms. The zero-order valence-electron chi connectivity index (χ0n) is 13.8. The van der Waals surface area contributed by atoms with Gasteiger partial charge in [-0.2, -0.15) is 13.2 Å². The summed E-state index contributed by atoms with van der Waals surface area (Å²) in [5, 5.41) is -0.0887. The van der Waals surface area contributed by atoms with E-state index in [1.807, 2.05) is 0 Å². The molecule has 0 aliphatic heterocycles. The molecule has 0 aromatic carbocycles. The van der Waals surface area contributed by atoms with Gasteiger partial charge in [0.1, 0.15) is 0 Å². The molecule has 2 aromatic rings. The van der Waals surface area contributed by atoms with Crippen LogP contribution in [0, 0.1) is 0 Å². The number of aromatic nitrogens is 2. The quantitative estimate of drug-likeness (QED) is 0.802. The third kappa shape index (κ3) is 3.92. The lowest BCUT2D eigenvalue weighted by Crippen LogP contribution is -2.39. The largest absolute Gasteiger partial charge is 0.417 e. The van der Waals surface area contributed by atoms with Gasteiger partial charge >= 0.3 is 6.18 Å². The molecule has 0 atom stereocenters. The van der Waals surface area contributed by atoms with Crippen LogP contribution in [-0.2, 0) is 17.4 Å². The van der Waals surface area contributed by atoms with Gasteiger partial charge < -0.3 is 9.30 Å². The molecule has 0 spiro atoms. The summed E-state index contributed by atoms with van der Waals surface area (Å²) < 4.78 is 39.8. The summed E-state index contributed by atoms with van der Waals surface area (Å²) in [5.74, 6) is -0.0810. The molecule has 1 saturated carbocycles. The number of carbonyl (C=O) groups is 1. The minimum Gasteiger partial charge on any atom is -0.342 e. The molecule has 136 valence electrons. The van der Waals surface area contributed by atoms with E-state index in [2.05, 4.69) is 4.98 Å². The fourth-order valence-corrected chi connectivity index (χ4v) is 3.56. The number of pyridine rings is 1. The highest BCUT2D eigenvalue weighted by molar-refractivity contribution is 6.33. The first-order valence-electron chi connectivity index (χ1n) is 8.25. The van der Waals surface area contributed by atoms with Gasteiger partial charge in [-0.3, -0.25) is 4.79 Å². The number of amides is 1. The summed E-state index contributed by atoms with van der Waals surface area (Å²) in [4.78, 5) is 18.4. The van der Waals surface area contributed by atoms with Crippen LogP contribution in [0.5, 0.6) is 0 Å². The first-order valence-corrected chi connectivity index (χ1v) is 8.63. The molecule has 1 fully saturated rings. The van der Waals surface area contributed by atoms with E-state index in [0.29, 0.717) is 5.69 Å². The van der Waals surface area contributed by atoms with Gasteiger partial charge in [0.2, 0.25) is 5.91 Å². The molecular weight excluding hydrogens is 355 g/mol. The van der Waals surface area contributed by atoms with E-state index in [4.69, 9.17) is 11.6 Å². The molecule has 0 radical (unpaired) electrons. The molecule has 2 heterocycles. The lowest BCUT2D eigenvalue weighted by atomic mass is 9.94. The maximum absolute atomic E-state index is 12.9. The highest BCUT2D eigenvalue weighted by Gasteiger charge is 2.32. The Balaban J connectivity index is 1.79. The standard InChI is InChI=1S/C17H19ClF3N3O/c1-23(13-5-3-2-4-6-13)15(25)8-12-10-24-9-11(17(19,20)21)7-14(18)16(24)22-12/h7,9-10,13H,2-6,8H2,1H3. The van der Waals surface area contributed by atoms with E-state index in [1.165, 1.54) is 17.0 Å². The highest BCUT2D eigenvalue weighted by Crippen LogP contribution is 2.32. The van der Waals surface area contributed by atoms with Gasteiger partial charge in [0.25, 0.3) is 0 Å². The van der Waals surface area contributed by atoms with E-state index < -0.39 is 11.7 Å². The number of imidazole rings is 1. The van der Waals surface area contributed by atoms with Crippen LogP contribution in [0.25, 0.3) is 5.65 Å². The van der Waals surface area contributed by atoms with Gasteiger partial charge in [0.15, 0.2) is 5.65 Å². The molecule has 0 unspecified atom stereocenters. The average Bonchev–Trinajstić information content (AvgIpc) is 2.97. The number of hydrogen-bond donors (Lipinski definition) is 0. The number of hydrogen-bond acceptors (Lipinski definition) is 2. The second-order valence-corrected chi connectivity index (χ2v) is 6.92. The van der Waals surface area contributed by atoms with Crippen molar-refractivity contribution in [3.63, 3.8) is 0 Å². The summed E-state index contributed by atoms with van der Waals surface area (Å²) in [6.07, 6.45) is 3.36. The molecule has 0 saturated heterocycles. The summed E-state index contributed by atoms with van der Waals surface area (Å²) in [5.41, 5.74) is -0.216. The van der Waals surface area contributed by atoms with Crippen molar-refractivity contribution in [2.24, 2.45) is 0 Å². The fourth-order valence-electron chi connectivity index (χ4n) is 3.30. The summed E-state index contributed by atoms with van der Waals surface area (Å²) in [7, 11) is 1.78. The first-order chi connectivity index (χ1) is 11.8. The third-order valence-corrected chi connectivity index (χ3v) is 5.01. The predicted molar refractivity (Wildman–Crippen MR) is 88.6 cm³/mol. The second-order valence-electron chi connectivity index (χ2n) is 6.51. The number of alkyl halides is 3. The SMILES string of the molecule is CN(C(=O)Cc1cn2cc(C(F)(F)F)cc(Cl)c2n1)C1CCCCC1. The third-order valence-electron chi connectivity index (χ3n) is 4.73. The summed E-state index contributed by atoms with van der Waals surface area (Å²) >= 11 is 5.92. The van der Waals surface area contributed by atoms with E-state index >= 15 is 0 Å². The molecule has 1 amide bonds. The van der Waals surface area contributed by atoms with Gasteiger partial charge in [0, 0.05) is 25.5 Å². The Morgan fingerprint density at radius 3 is 2.64 bits per heavy atom. The Kier molecular flexibility index (Phi) is 4.95. The number of fused-ring (bicyclic) bond motifs is 1. The minimum absolute atomic E-state index is 0.0480. The van der Waals surface area contributed by atoms with Crippen LogP contribution in [0.15, 0.2) is 18.5 Å². The van der Waals surface area contributed by atoms with E-state index in [0.717, 1.165) is 37.9 Å². The molecule has 0 bridgehead atoms. The van der Waals surface area contributed by atoms with Crippen molar-refractivity contribution in [2.45, 2.75) is 50.7 Å². The molecule has 1 aliphatic rings. The average molecular weight is 374 g/mol.